The summed E-state index contributed by atoms with van der Waals surface area (Å²) in [4.78, 5) is 39.7. The summed E-state index contributed by atoms with van der Waals surface area (Å²) in [5, 5.41) is 7.92. The largest absolute Gasteiger partial charge is 0.480 e. The number of hydrogen-bond acceptors (Lipinski definition) is 4. The van der Waals surface area contributed by atoms with Gasteiger partial charge in [-0.2, -0.15) is 0 Å². The van der Waals surface area contributed by atoms with Crippen LogP contribution in [0.3, 0.4) is 0 Å². The molecule has 1 aromatic rings. The molecule has 2 rings (SSSR count). The number of alkyl halides is 1. The van der Waals surface area contributed by atoms with Crippen molar-refractivity contribution in [1.82, 2.24) is 0 Å². The molecule has 1 N–H and O–H groups in total. The lowest BCUT2D eigenvalue weighted by atomic mass is 9.87. The van der Waals surface area contributed by atoms with Crippen LogP contribution in [0, 0.1) is 5.92 Å². The van der Waals surface area contributed by atoms with E-state index in [1.54, 1.807) is 26.0 Å². The van der Waals surface area contributed by atoms with Crippen molar-refractivity contribution in [3.8, 4) is 0 Å². The Balaban J connectivity index is 2.54. The van der Waals surface area contributed by atoms with Crippen LogP contribution in [-0.4, -0.2) is 39.8 Å². The lowest BCUT2D eigenvalue weighted by Crippen LogP contribution is -2.40. The van der Waals surface area contributed by atoms with Crippen molar-refractivity contribution in [1.29, 1.82) is 0 Å². The number of Topliss-reactive ketones (excluding diaryl/α,β-unsaturated/α-hetero) is 2. The second kappa shape index (κ2) is 5.77. The zero-order valence-corrected chi connectivity index (χ0v) is 12.3. The molecule has 0 aliphatic heterocycles. The van der Waals surface area contributed by atoms with Crippen LogP contribution in [0.1, 0.15) is 34.6 Å². The molecule has 1 aliphatic carbocycles. The molecular formula is C15H14ClNO4. The summed E-state index contributed by atoms with van der Waals surface area (Å²) in [6.07, 6.45) is 0. The third-order valence-corrected chi connectivity index (χ3v) is 3.71. The maximum Gasteiger partial charge on any atom is 0.328 e. The zero-order valence-electron chi connectivity index (χ0n) is 11.5. The van der Waals surface area contributed by atoms with Crippen LogP contribution in [0.15, 0.2) is 29.3 Å². The first-order chi connectivity index (χ1) is 9.84. The first kappa shape index (κ1) is 15.4. The van der Waals surface area contributed by atoms with Crippen molar-refractivity contribution in [3.63, 3.8) is 0 Å². The SMILES string of the molecule is CC(C)[C@@H](N=C1C(=O)c2ccccc2C(=O)C1Cl)C(=O)O. The van der Waals surface area contributed by atoms with Gasteiger partial charge in [-0.3, -0.25) is 14.6 Å². The van der Waals surface area contributed by atoms with Gasteiger partial charge < -0.3 is 5.11 Å². The van der Waals surface area contributed by atoms with Gasteiger partial charge in [0.15, 0.2) is 5.78 Å². The summed E-state index contributed by atoms with van der Waals surface area (Å²) in [5.74, 6) is -2.39. The van der Waals surface area contributed by atoms with E-state index in [0.29, 0.717) is 0 Å². The first-order valence-electron chi connectivity index (χ1n) is 6.47. The van der Waals surface area contributed by atoms with Crippen molar-refractivity contribution in [2.75, 3.05) is 0 Å². The molecule has 1 aromatic carbocycles. The van der Waals surface area contributed by atoms with E-state index in [-0.39, 0.29) is 22.8 Å². The third-order valence-electron chi connectivity index (χ3n) is 3.30. The van der Waals surface area contributed by atoms with Gasteiger partial charge in [0.05, 0.1) is 0 Å². The lowest BCUT2D eigenvalue weighted by Gasteiger charge is -2.22. The fourth-order valence-electron chi connectivity index (χ4n) is 2.17. The highest BCUT2D eigenvalue weighted by molar-refractivity contribution is 6.64. The smallest absolute Gasteiger partial charge is 0.328 e. The van der Waals surface area contributed by atoms with Gasteiger partial charge in [0.1, 0.15) is 17.1 Å². The minimum atomic E-state index is -1.24. The quantitative estimate of drug-likeness (QED) is 0.868. The minimum absolute atomic E-state index is 0.193. The third kappa shape index (κ3) is 2.74. The van der Waals surface area contributed by atoms with E-state index in [1.165, 1.54) is 12.1 Å². The number of carboxylic acid groups (broad SMARTS) is 1. The molecule has 0 saturated carbocycles. The number of halogens is 1. The first-order valence-corrected chi connectivity index (χ1v) is 6.90. The average Bonchev–Trinajstić information content (AvgIpc) is 2.44. The topological polar surface area (TPSA) is 83.8 Å². The maximum atomic E-state index is 12.4. The number of carbonyl (C=O) groups is 3. The molecule has 2 atom stereocenters. The van der Waals surface area contributed by atoms with Crippen LogP contribution in [0.2, 0.25) is 0 Å². The number of nitrogens with zero attached hydrogens (tertiary/aromatic N) is 1. The van der Waals surface area contributed by atoms with Crippen LogP contribution < -0.4 is 0 Å². The number of hydrogen-bond donors (Lipinski definition) is 1. The van der Waals surface area contributed by atoms with Gasteiger partial charge in [0.25, 0.3) is 0 Å². The van der Waals surface area contributed by atoms with E-state index in [2.05, 4.69) is 4.99 Å². The highest BCUT2D eigenvalue weighted by Gasteiger charge is 2.38. The molecule has 0 amide bonds. The molecule has 1 aliphatic rings. The van der Waals surface area contributed by atoms with E-state index in [4.69, 9.17) is 16.7 Å². The Bertz CT molecular complexity index is 651. The maximum absolute atomic E-state index is 12.4. The van der Waals surface area contributed by atoms with Crippen molar-refractivity contribution >= 4 is 34.8 Å². The molecule has 5 nitrogen and oxygen atoms in total. The number of fused-ring (bicyclic) bond motifs is 1. The van der Waals surface area contributed by atoms with Crippen molar-refractivity contribution in [2.24, 2.45) is 10.9 Å². The number of carboxylic acids is 1. The second-order valence-electron chi connectivity index (χ2n) is 5.14. The van der Waals surface area contributed by atoms with E-state index >= 15 is 0 Å². The Morgan fingerprint density at radius 1 is 1.24 bits per heavy atom. The molecule has 0 saturated heterocycles. The van der Waals surface area contributed by atoms with Gasteiger partial charge in [-0.25, -0.2) is 4.79 Å². The van der Waals surface area contributed by atoms with Gasteiger partial charge in [0, 0.05) is 11.1 Å². The molecule has 0 radical (unpaired) electrons. The normalized spacial score (nSPS) is 21.5. The molecule has 110 valence electrons. The fourth-order valence-corrected chi connectivity index (χ4v) is 2.45. The number of benzene rings is 1. The second-order valence-corrected chi connectivity index (χ2v) is 5.58. The predicted molar refractivity (Wildman–Crippen MR) is 78.4 cm³/mol. The van der Waals surface area contributed by atoms with E-state index in [1.807, 2.05) is 0 Å². The van der Waals surface area contributed by atoms with Crippen molar-refractivity contribution in [3.05, 3.63) is 35.4 Å². The summed E-state index contributed by atoms with van der Waals surface area (Å²) in [7, 11) is 0. The predicted octanol–water partition coefficient (Wildman–Crippen LogP) is 2.22. The number of aliphatic carboxylic acids is 1. The van der Waals surface area contributed by atoms with Gasteiger partial charge in [0.2, 0.25) is 5.78 Å². The van der Waals surface area contributed by atoms with E-state index in [9.17, 15) is 14.4 Å². The van der Waals surface area contributed by atoms with E-state index < -0.39 is 29.0 Å². The summed E-state index contributed by atoms with van der Waals surface area (Å²) in [5.41, 5.74) is 0.269. The molecule has 0 heterocycles. The van der Waals surface area contributed by atoms with Gasteiger partial charge in [-0.15, -0.1) is 11.6 Å². The van der Waals surface area contributed by atoms with Gasteiger partial charge in [-0.1, -0.05) is 38.1 Å². The Kier molecular flexibility index (Phi) is 4.23. The standard InChI is InChI=1S/C15H14ClNO4/c1-7(2)11(15(20)21)17-12-10(16)13(18)8-5-3-4-6-9(8)14(12)19/h3-7,10-11H,1-2H3,(H,20,21)/t10?,11-/m1/s1. The Morgan fingerprint density at radius 2 is 1.81 bits per heavy atom. The number of aliphatic imine (C=N–C) groups is 1. The monoisotopic (exact) mass is 307 g/mol. The summed E-state index contributed by atoms with van der Waals surface area (Å²) in [6, 6.07) is 5.21. The highest BCUT2D eigenvalue weighted by Crippen LogP contribution is 2.24. The van der Waals surface area contributed by atoms with Crippen molar-refractivity contribution < 1.29 is 19.5 Å². The minimum Gasteiger partial charge on any atom is -0.480 e. The highest BCUT2D eigenvalue weighted by atomic mass is 35.5. The molecule has 0 bridgehead atoms. The molecule has 6 heteroatoms. The van der Waals surface area contributed by atoms with Crippen LogP contribution in [-0.2, 0) is 4.79 Å². The fraction of sp³-hybridized carbons (Fsp3) is 0.333. The van der Waals surface area contributed by atoms with Gasteiger partial charge >= 0.3 is 5.97 Å². The van der Waals surface area contributed by atoms with Gasteiger partial charge in [-0.05, 0) is 5.92 Å². The summed E-state index contributed by atoms with van der Waals surface area (Å²) in [6.45, 7) is 3.35. The molecule has 21 heavy (non-hydrogen) atoms. The Labute approximate surface area is 126 Å². The summed E-state index contributed by atoms with van der Waals surface area (Å²) < 4.78 is 0. The van der Waals surface area contributed by atoms with E-state index in [0.717, 1.165) is 0 Å². The number of ketones is 2. The molecule has 0 aromatic heterocycles. The zero-order chi connectivity index (χ0) is 15.7. The van der Waals surface area contributed by atoms with Crippen LogP contribution in [0.4, 0.5) is 0 Å². The molecule has 1 unspecified atom stereocenters. The number of rotatable bonds is 3. The molecule has 0 spiro atoms. The molecular weight excluding hydrogens is 294 g/mol. The average molecular weight is 308 g/mol. The Hall–Kier alpha value is -2.01. The number of carbonyl (C=O) groups excluding carboxylic acids is 2. The van der Waals surface area contributed by atoms with Crippen molar-refractivity contribution in [2.45, 2.75) is 25.3 Å². The van der Waals surface area contributed by atoms with Crippen LogP contribution in [0.5, 0.6) is 0 Å². The molecule has 0 fully saturated rings. The van der Waals surface area contributed by atoms with Crippen LogP contribution in [0.25, 0.3) is 0 Å². The Morgan fingerprint density at radius 3 is 2.33 bits per heavy atom. The summed E-state index contributed by atoms with van der Waals surface area (Å²) >= 11 is 6.02. The lowest BCUT2D eigenvalue weighted by molar-refractivity contribution is -0.139. The van der Waals surface area contributed by atoms with Crippen LogP contribution >= 0.6 is 11.6 Å².